The highest BCUT2D eigenvalue weighted by atomic mass is 16.5. The summed E-state index contributed by atoms with van der Waals surface area (Å²) in [5, 5.41) is 13.0. The number of anilines is 2. The summed E-state index contributed by atoms with van der Waals surface area (Å²) in [5.41, 5.74) is 6.63. The van der Waals surface area contributed by atoms with E-state index in [1.165, 1.54) is 0 Å². The molecule has 0 amide bonds. The number of hydrogen-bond acceptors (Lipinski definition) is 7. The molecule has 1 aromatic heterocycles. The number of fused-ring (bicyclic) bond motifs is 1. The first-order valence-electron chi connectivity index (χ1n) is 6.69. The second-order valence-corrected chi connectivity index (χ2v) is 4.59. The zero-order chi connectivity index (χ0) is 15.4. The summed E-state index contributed by atoms with van der Waals surface area (Å²) in [5.74, 6) is 1.87. The van der Waals surface area contributed by atoms with E-state index < -0.39 is 0 Å². The summed E-state index contributed by atoms with van der Waals surface area (Å²) in [6, 6.07) is 3.38. The Morgan fingerprint density at radius 2 is 1.90 bits per heavy atom. The highest BCUT2D eigenvalue weighted by Crippen LogP contribution is 2.33. The third-order valence-corrected chi connectivity index (χ3v) is 3.28. The number of nitrogens with one attached hydrogen (secondary N) is 1. The van der Waals surface area contributed by atoms with Crippen LogP contribution in [0, 0.1) is 0 Å². The molecule has 1 atom stereocenters. The van der Waals surface area contributed by atoms with Gasteiger partial charge in [-0.3, -0.25) is 0 Å². The van der Waals surface area contributed by atoms with Crippen molar-refractivity contribution in [3.63, 3.8) is 0 Å². The van der Waals surface area contributed by atoms with Gasteiger partial charge in [-0.1, -0.05) is 6.92 Å². The number of benzene rings is 1. The minimum absolute atomic E-state index is 0.00371. The number of nitrogens with zero attached hydrogens (tertiary/aromatic N) is 2. The molecule has 0 fully saturated rings. The van der Waals surface area contributed by atoms with Crippen LogP contribution >= 0.6 is 0 Å². The fourth-order valence-electron chi connectivity index (χ4n) is 2.00. The normalized spacial score (nSPS) is 12.2. The van der Waals surface area contributed by atoms with E-state index in [2.05, 4.69) is 15.3 Å². The zero-order valence-corrected chi connectivity index (χ0v) is 12.4. The third-order valence-electron chi connectivity index (χ3n) is 3.28. The van der Waals surface area contributed by atoms with E-state index in [1.807, 2.05) is 6.92 Å². The Bertz CT molecular complexity index is 629. The molecule has 0 bridgehead atoms. The van der Waals surface area contributed by atoms with Crippen LogP contribution in [0.15, 0.2) is 12.1 Å². The van der Waals surface area contributed by atoms with Crippen LogP contribution in [-0.4, -0.2) is 41.9 Å². The second kappa shape index (κ2) is 6.45. The van der Waals surface area contributed by atoms with Gasteiger partial charge in [-0.25, -0.2) is 4.98 Å². The average Bonchev–Trinajstić information content (AvgIpc) is 2.51. The third kappa shape index (κ3) is 3.08. The largest absolute Gasteiger partial charge is 0.493 e. The van der Waals surface area contributed by atoms with Gasteiger partial charge in [0.15, 0.2) is 11.5 Å². The molecule has 0 radical (unpaired) electrons. The van der Waals surface area contributed by atoms with Crippen LogP contribution in [0.25, 0.3) is 10.9 Å². The maximum absolute atomic E-state index is 9.23. The molecule has 21 heavy (non-hydrogen) atoms. The minimum Gasteiger partial charge on any atom is -0.493 e. The Hall–Kier alpha value is -2.28. The van der Waals surface area contributed by atoms with Crippen molar-refractivity contribution in [2.45, 2.75) is 19.4 Å². The molecule has 0 saturated heterocycles. The molecular formula is C14H20N4O3. The number of methoxy groups -OCH3 is 2. The number of aliphatic hydroxyl groups excluding tert-OH is 1. The zero-order valence-electron chi connectivity index (χ0n) is 12.4. The minimum atomic E-state index is -0.109. The van der Waals surface area contributed by atoms with Crippen LogP contribution in [0.2, 0.25) is 0 Å². The lowest BCUT2D eigenvalue weighted by Crippen LogP contribution is -2.24. The second-order valence-electron chi connectivity index (χ2n) is 4.59. The number of rotatable bonds is 6. The monoisotopic (exact) mass is 292 g/mol. The fourth-order valence-corrected chi connectivity index (χ4v) is 2.00. The summed E-state index contributed by atoms with van der Waals surface area (Å²) >= 11 is 0. The van der Waals surface area contributed by atoms with Gasteiger partial charge in [-0.05, 0) is 12.5 Å². The topological polar surface area (TPSA) is 103 Å². The molecule has 0 aliphatic rings. The van der Waals surface area contributed by atoms with E-state index in [0.717, 1.165) is 6.42 Å². The molecule has 0 unspecified atom stereocenters. The van der Waals surface area contributed by atoms with Crippen molar-refractivity contribution >= 4 is 22.7 Å². The van der Waals surface area contributed by atoms with Gasteiger partial charge in [0, 0.05) is 11.5 Å². The molecule has 2 aromatic rings. The highest BCUT2D eigenvalue weighted by molar-refractivity contribution is 5.91. The van der Waals surface area contributed by atoms with Gasteiger partial charge in [0.05, 0.1) is 32.4 Å². The standard InChI is InChI=1S/C14H20N4O3/c1-4-8(7-19)16-14-17-10-6-12(21-3)11(20-2)5-9(10)13(15)18-14/h5-6,8,19H,4,7H2,1-3H3,(H3,15,16,17,18)/t8-/m0/s1. The molecule has 0 aliphatic carbocycles. The summed E-state index contributed by atoms with van der Waals surface area (Å²) in [7, 11) is 3.12. The van der Waals surface area contributed by atoms with Crippen LogP contribution in [0.5, 0.6) is 11.5 Å². The molecule has 2 rings (SSSR count). The van der Waals surface area contributed by atoms with Crippen molar-refractivity contribution < 1.29 is 14.6 Å². The van der Waals surface area contributed by atoms with Crippen LogP contribution in [0.4, 0.5) is 11.8 Å². The molecule has 0 spiro atoms. The number of ether oxygens (including phenoxy) is 2. The lowest BCUT2D eigenvalue weighted by Gasteiger charge is -2.15. The Morgan fingerprint density at radius 1 is 1.24 bits per heavy atom. The van der Waals surface area contributed by atoms with Gasteiger partial charge in [-0.15, -0.1) is 0 Å². The highest BCUT2D eigenvalue weighted by Gasteiger charge is 2.13. The maximum atomic E-state index is 9.23. The van der Waals surface area contributed by atoms with Gasteiger partial charge >= 0.3 is 0 Å². The van der Waals surface area contributed by atoms with Crippen molar-refractivity contribution in [3.05, 3.63) is 12.1 Å². The van der Waals surface area contributed by atoms with Crippen LogP contribution < -0.4 is 20.5 Å². The van der Waals surface area contributed by atoms with E-state index >= 15 is 0 Å². The van der Waals surface area contributed by atoms with E-state index in [-0.39, 0.29) is 12.6 Å². The Kier molecular flexibility index (Phi) is 4.64. The van der Waals surface area contributed by atoms with Crippen molar-refractivity contribution in [2.75, 3.05) is 31.9 Å². The summed E-state index contributed by atoms with van der Waals surface area (Å²) in [6.45, 7) is 1.97. The van der Waals surface area contributed by atoms with Gasteiger partial charge in [-0.2, -0.15) is 4.98 Å². The summed E-state index contributed by atoms with van der Waals surface area (Å²) < 4.78 is 10.5. The van der Waals surface area contributed by atoms with E-state index in [9.17, 15) is 5.11 Å². The Morgan fingerprint density at radius 3 is 2.48 bits per heavy atom. The fraction of sp³-hybridized carbons (Fsp3) is 0.429. The molecule has 1 aromatic carbocycles. The van der Waals surface area contributed by atoms with Crippen molar-refractivity contribution in [1.82, 2.24) is 9.97 Å². The number of aliphatic hydroxyl groups is 1. The Labute approximate surface area is 123 Å². The van der Waals surface area contributed by atoms with Crippen LogP contribution in [0.1, 0.15) is 13.3 Å². The lowest BCUT2D eigenvalue weighted by atomic mass is 10.2. The molecule has 0 saturated carbocycles. The SMILES string of the molecule is CC[C@@H](CO)Nc1nc(N)c2cc(OC)c(OC)cc2n1. The van der Waals surface area contributed by atoms with Crippen LogP contribution in [-0.2, 0) is 0 Å². The van der Waals surface area contributed by atoms with E-state index in [1.54, 1.807) is 26.4 Å². The summed E-state index contributed by atoms with van der Waals surface area (Å²) in [6.07, 6.45) is 0.754. The van der Waals surface area contributed by atoms with E-state index in [4.69, 9.17) is 15.2 Å². The molecule has 114 valence electrons. The molecule has 0 aliphatic heterocycles. The number of nitrogens with two attached hydrogens (primary N) is 1. The first kappa shape index (κ1) is 15.1. The van der Waals surface area contributed by atoms with Crippen molar-refractivity contribution in [2.24, 2.45) is 0 Å². The van der Waals surface area contributed by atoms with Crippen molar-refractivity contribution in [1.29, 1.82) is 0 Å². The predicted octanol–water partition coefficient (Wildman–Crippen LogP) is 1.41. The number of nitrogen functional groups attached to an aromatic ring is 1. The lowest BCUT2D eigenvalue weighted by molar-refractivity contribution is 0.271. The van der Waals surface area contributed by atoms with Crippen LogP contribution in [0.3, 0.4) is 0 Å². The Balaban J connectivity index is 2.49. The quantitative estimate of drug-likeness (QED) is 0.739. The number of aromatic nitrogens is 2. The van der Waals surface area contributed by atoms with Gasteiger partial charge < -0.3 is 25.6 Å². The van der Waals surface area contributed by atoms with Crippen molar-refractivity contribution in [3.8, 4) is 11.5 Å². The molecule has 4 N–H and O–H groups in total. The van der Waals surface area contributed by atoms with E-state index in [0.29, 0.717) is 34.2 Å². The maximum Gasteiger partial charge on any atom is 0.225 e. The first-order valence-corrected chi connectivity index (χ1v) is 6.69. The molecule has 7 heteroatoms. The molecular weight excluding hydrogens is 272 g/mol. The molecule has 7 nitrogen and oxygen atoms in total. The number of hydrogen-bond donors (Lipinski definition) is 3. The first-order chi connectivity index (χ1) is 10.1. The summed E-state index contributed by atoms with van der Waals surface area (Å²) in [4.78, 5) is 8.62. The average molecular weight is 292 g/mol. The van der Waals surface area contributed by atoms with Gasteiger partial charge in [0.1, 0.15) is 5.82 Å². The van der Waals surface area contributed by atoms with Gasteiger partial charge in [0.2, 0.25) is 5.95 Å². The molecule has 1 heterocycles. The smallest absolute Gasteiger partial charge is 0.225 e. The van der Waals surface area contributed by atoms with Gasteiger partial charge in [0.25, 0.3) is 0 Å². The predicted molar refractivity (Wildman–Crippen MR) is 81.8 cm³/mol.